The van der Waals surface area contributed by atoms with Gasteiger partial charge in [-0.05, 0) is 17.7 Å². The molecule has 0 saturated heterocycles. The van der Waals surface area contributed by atoms with Crippen LogP contribution in [0.4, 0.5) is 0 Å². The summed E-state index contributed by atoms with van der Waals surface area (Å²) in [6, 6.07) is 17.2. The summed E-state index contributed by atoms with van der Waals surface area (Å²) in [6.07, 6.45) is 0. The molecule has 0 spiro atoms. The molecule has 1 unspecified atom stereocenters. The largest absolute Gasteiger partial charge is 0.491 e. The van der Waals surface area contributed by atoms with Crippen LogP contribution >= 0.6 is 11.6 Å². The van der Waals surface area contributed by atoms with Gasteiger partial charge in [0, 0.05) is 6.54 Å². The highest BCUT2D eigenvalue weighted by molar-refractivity contribution is 6.32. The van der Waals surface area contributed by atoms with Gasteiger partial charge in [-0.1, -0.05) is 54.1 Å². The lowest BCUT2D eigenvalue weighted by atomic mass is 10.1. The summed E-state index contributed by atoms with van der Waals surface area (Å²) < 4.78 is 5.59. The Morgan fingerprint density at radius 2 is 1.75 bits per heavy atom. The molecule has 0 saturated carbocycles. The van der Waals surface area contributed by atoms with Crippen LogP contribution < -0.4 is 10.1 Å². The third-order valence-corrected chi connectivity index (χ3v) is 3.28. The van der Waals surface area contributed by atoms with Gasteiger partial charge in [0.1, 0.15) is 12.4 Å². The first-order valence-electron chi connectivity index (χ1n) is 6.58. The van der Waals surface area contributed by atoms with E-state index >= 15 is 0 Å². The van der Waals surface area contributed by atoms with E-state index in [1.54, 1.807) is 6.07 Å². The first-order chi connectivity index (χ1) is 9.81. The lowest BCUT2D eigenvalue weighted by Gasteiger charge is -2.17. The molecule has 2 N–H and O–H groups in total. The minimum Gasteiger partial charge on any atom is -0.491 e. The number of aliphatic hydroxyl groups excluding tert-OH is 1. The van der Waals surface area contributed by atoms with Crippen molar-refractivity contribution in [1.82, 2.24) is 5.32 Å². The van der Waals surface area contributed by atoms with Crippen LogP contribution in [0, 0.1) is 0 Å². The highest BCUT2D eigenvalue weighted by Crippen LogP contribution is 2.22. The van der Waals surface area contributed by atoms with Crippen molar-refractivity contribution in [1.29, 1.82) is 0 Å². The maximum atomic E-state index is 9.42. The number of benzene rings is 2. The standard InChI is InChI=1S/C16H18ClNO2/c17-14-8-4-5-9-16(14)20-11-10-18-15(12-19)13-6-2-1-3-7-13/h1-9,15,18-19H,10-12H2. The van der Waals surface area contributed by atoms with E-state index in [0.29, 0.717) is 23.9 Å². The monoisotopic (exact) mass is 291 g/mol. The number of nitrogens with one attached hydrogen (secondary N) is 1. The molecule has 0 aliphatic carbocycles. The first-order valence-corrected chi connectivity index (χ1v) is 6.95. The second-order valence-electron chi connectivity index (χ2n) is 4.38. The third kappa shape index (κ3) is 4.23. The summed E-state index contributed by atoms with van der Waals surface area (Å²) in [7, 11) is 0. The summed E-state index contributed by atoms with van der Waals surface area (Å²) in [4.78, 5) is 0. The normalized spacial score (nSPS) is 12.1. The van der Waals surface area contributed by atoms with Crippen molar-refractivity contribution in [2.45, 2.75) is 6.04 Å². The Kier molecular flexibility index (Phi) is 5.87. The third-order valence-electron chi connectivity index (χ3n) is 2.97. The molecule has 2 aromatic carbocycles. The van der Waals surface area contributed by atoms with Gasteiger partial charge in [0.15, 0.2) is 0 Å². The zero-order valence-corrected chi connectivity index (χ0v) is 11.9. The predicted molar refractivity (Wildman–Crippen MR) is 81.2 cm³/mol. The summed E-state index contributed by atoms with van der Waals surface area (Å²) in [5.74, 6) is 0.677. The second kappa shape index (κ2) is 7.90. The van der Waals surface area contributed by atoms with Crippen LogP contribution in [0.5, 0.6) is 5.75 Å². The van der Waals surface area contributed by atoms with Crippen LogP contribution in [-0.2, 0) is 0 Å². The van der Waals surface area contributed by atoms with Crippen molar-refractivity contribution in [3.05, 3.63) is 65.2 Å². The van der Waals surface area contributed by atoms with Crippen LogP contribution in [0.25, 0.3) is 0 Å². The minimum absolute atomic E-state index is 0.0517. The quantitative estimate of drug-likeness (QED) is 0.771. The van der Waals surface area contributed by atoms with Crippen molar-refractivity contribution in [3.63, 3.8) is 0 Å². The van der Waals surface area contributed by atoms with E-state index in [4.69, 9.17) is 16.3 Å². The molecule has 0 aliphatic heterocycles. The van der Waals surface area contributed by atoms with E-state index < -0.39 is 0 Å². The van der Waals surface area contributed by atoms with Crippen LogP contribution in [0.2, 0.25) is 5.02 Å². The summed E-state index contributed by atoms with van der Waals surface area (Å²) in [6.45, 7) is 1.18. The van der Waals surface area contributed by atoms with Crippen molar-refractivity contribution in [2.24, 2.45) is 0 Å². The lowest BCUT2D eigenvalue weighted by molar-refractivity contribution is 0.232. The smallest absolute Gasteiger partial charge is 0.137 e. The van der Waals surface area contributed by atoms with Gasteiger partial charge < -0.3 is 15.2 Å². The number of para-hydroxylation sites is 1. The average Bonchev–Trinajstić information content (AvgIpc) is 2.50. The van der Waals surface area contributed by atoms with E-state index in [0.717, 1.165) is 5.56 Å². The molecular weight excluding hydrogens is 274 g/mol. The Hall–Kier alpha value is -1.55. The van der Waals surface area contributed by atoms with Crippen molar-refractivity contribution in [2.75, 3.05) is 19.8 Å². The molecule has 2 rings (SSSR count). The fourth-order valence-electron chi connectivity index (χ4n) is 1.93. The molecular formula is C16H18ClNO2. The van der Waals surface area contributed by atoms with Crippen LogP contribution in [-0.4, -0.2) is 24.9 Å². The summed E-state index contributed by atoms with van der Waals surface area (Å²) >= 11 is 6.00. The summed E-state index contributed by atoms with van der Waals surface area (Å²) in [5.41, 5.74) is 1.06. The fourth-order valence-corrected chi connectivity index (χ4v) is 2.12. The molecule has 0 aliphatic rings. The predicted octanol–water partition coefficient (Wildman–Crippen LogP) is 3.04. The number of rotatable bonds is 7. The van der Waals surface area contributed by atoms with Gasteiger partial charge in [0.25, 0.3) is 0 Å². The zero-order chi connectivity index (χ0) is 14.2. The lowest BCUT2D eigenvalue weighted by Crippen LogP contribution is -2.28. The molecule has 0 fully saturated rings. The van der Waals surface area contributed by atoms with E-state index in [9.17, 15) is 5.11 Å². The molecule has 0 bridgehead atoms. The van der Waals surface area contributed by atoms with Crippen molar-refractivity contribution < 1.29 is 9.84 Å². The van der Waals surface area contributed by atoms with E-state index in [1.165, 1.54) is 0 Å². The molecule has 0 aromatic heterocycles. The Morgan fingerprint density at radius 3 is 2.45 bits per heavy atom. The number of ether oxygens (including phenoxy) is 1. The Morgan fingerprint density at radius 1 is 1.05 bits per heavy atom. The number of hydrogen-bond acceptors (Lipinski definition) is 3. The van der Waals surface area contributed by atoms with Crippen LogP contribution in [0.3, 0.4) is 0 Å². The summed E-state index contributed by atoms with van der Waals surface area (Å²) in [5, 5.41) is 13.3. The average molecular weight is 292 g/mol. The van der Waals surface area contributed by atoms with Crippen LogP contribution in [0.15, 0.2) is 54.6 Å². The fraction of sp³-hybridized carbons (Fsp3) is 0.250. The van der Waals surface area contributed by atoms with Gasteiger partial charge in [-0.25, -0.2) is 0 Å². The van der Waals surface area contributed by atoms with Gasteiger partial charge in [-0.15, -0.1) is 0 Å². The molecule has 4 heteroatoms. The minimum atomic E-state index is -0.0777. The first kappa shape index (κ1) is 14.9. The Balaban J connectivity index is 1.79. The molecule has 0 radical (unpaired) electrons. The molecule has 0 amide bonds. The maximum Gasteiger partial charge on any atom is 0.137 e. The van der Waals surface area contributed by atoms with E-state index in [2.05, 4.69) is 5.32 Å². The molecule has 106 valence electrons. The zero-order valence-electron chi connectivity index (χ0n) is 11.1. The number of hydrogen-bond donors (Lipinski definition) is 2. The molecule has 1 atom stereocenters. The highest BCUT2D eigenvalue weighted by Gasteiger charge is 2.08. The molecule has 0 heterocycles. The Labute approximate surface area is 124 Å². The Bertz CT molecular complexity index is 519. The van der Waals surface area contributed by atoms with E-state index in [-0.39, 0.29) is 12.6 Å². The van der Waals surface area contributed by atoms with Gasteiger partial charge in [-0.2, -0.15) is 0 Å². The molecule has 3 nitrogen and oxygen atoms in total. The van der Waals surface area contributed by atoms with Crippen molar-refractivity contribution in [3.8, 4) is 5.75 Å². The van der Waals surface area contributed by atoms with Gasteiger partial charge >= 0.3 is 0 Å². The van der Waals surface area contributed by atoms with Crippen LogP contribution in [0.1, 0.15) is 11.6 Å². The second-order valence-corrected chi connectivity index (χ2v) is 4.79. The number of aliphatic hydroxyl groups is 1. The molecule has 20 heavy (non-hydrogen) atoms. The topological polar surface area (TPSA) is 41.5 Å². The van der Waals surface area contributed by atoms with E-state index in [1.807, 2.05) is 48.5 Å². The SMILES string of the molecule is OCC(NCCOc1ccccc1Cl)c1ccccc1. The maximum absolute atomic E-state index is 9.42. The van der Waals surface area contributed by atoms with Crippen molar-refractivity contribution >= 4 is 11.6 Å². The molecule has 2 aromatic rings. The highest BCUT2D eigenvalue weighted by atomic mass is 35.5. The van der Waals surface area contributed by atoms with Gasteiger partial charge in [-0.3, -0.25) is 0 Å². The van der Waals surface area contributed by atoms with Gasteiger partial charge in [0.2, 0.25) is 0 Å². The van der Waals surface area contributed by atoms with Gasteiger partial charge in [0.05, 0.1) is 17.7 Å². The number of halogens is 1.